The number of carbonyl (C=O) groups excluding carboxylic acids is 1. The molecule has 1 aromatic carbocycles. The lowest BCUT2D eigenvalue weighted by atomic mass is 10.1. The van der Waals surface area contributed by atoms with Gasteiger partial charge in [0, 0.05) is 12.2 Å². The molecule has 7 heteroatoms. The predicted octanol–water partition coefficient (Wildman–Crippen LogP) is 3.06. The van der Waals surface area contributed by atoms with Crippen molar-refractivity contribution < 1.29 is 23.4 Å². The van der Waals surface area contributed by atoms with Gasteiger partial charge in [0.25, 0.3) is 0 Å². The Labute approximate surface area is 144 Å². The van der Waals surface area contributed by atoms with Gasteiger partial charge in [0.05, 0.1) is 31.2 Å². The van der Waals surface area contributed by atoms with E-state index in [4.69, 9.17) is 14.2 Å². The smallest absolute Gasteiger partial charge is 0.343 e. The van der Waals surface area contributed by atoms with Crippen LogP contribution < -0.4 is 14.9 Å². The Morgan fingerprint density at radius 1 is 1.28 bits per heavy atom. The van der Waals surface area contributed by atoms with Crippen molar-refractivity contribution in [2.45, 2.75) is 32.7 Å². The molecule has 2 aromatic rings. The number of nitrogens with zero attached hydrogens (tertiary/aromatic N) is 1. The number of carbonyl (C=O) groups is 1. The standard InChI is InChI=1S/C18H20FNO5/c1-4-24-16-13(19)8-11-14(17(16)23-3)20(10-6-7-10)9-12(15(11)21)18(22)25-5-2/h8-10H,4-7H2,1-3H3. The zero-order valence-electron chi connectivity index (χ0n) is 14.4. The van der Waals surface area contributed by atoms with Crippen LogP contribution in [0.1, 0.15) is 43.1 Å². The van der Waals surface area contributed by atoms with Crippen molar-refractivity contribution in [3.63, 3.8) is 0 Å². The number of pyridine rings is 1. The lowest BCUT2D eigenvalue weighted by Gasteiger charge is -2.18. The molecule has 1 aliphatic carbocycles. The number of aromatic nitrogens is 1. The molecule has 0 atom stereocenters. The highest BCUT2D eigenvalue weighted by Crippen LogP contribution is 2.43. The Balaban J connectivity index is 2.37. The van der Waals surface area contributed by atoms with Gasteiger partial charge in [0.1, 0.15) is 5.56 Å². The third kappa shape index (κ3) is 2.94. The second kappa shape index (κ2) is 6.74. The second-order valence-electron chi connectivity index (χ2n) is 5.78. The van der Waals surface area contributed by atoms with Crippen LogP contribution in [0.5, 0.6) is 11.5 Å². The lowest BCUT2D eigenvalue weighted by Crippen LogP contribution is -2.21. The molecule has 0 unspecified atom stereocenters. The highest BCUT2D eigenvalue weighted by atomic mass is 19.1. The van der Waals surface area contributed by atoms with Crippen molar-refractivity contribution in [3.05, 3.63) is 33.9 Å². The molecule has 0 aliphatic heterocycles. The van der Waals surface area contributed by atoms with E-state index in [9.17, 15) is 14.0 Å². The topological polar surface area (TPSA) is 66.8 Å². The van der Waals surface area contributed by atoms with Crippen molar-refractivity contribution in [1.29, 1.82) is 0 Å². The summed E-state index contributed by atoms with van der Waals surface area (Å²) in [6.45, 7) is 3.81. The molecule has 134 valence electrons. The summed E-state index contributed by atoms with van der Waals surface area (Å²) in [5.41, 5.74) is -0.245. The lowest BCUT2D eigenvalue weighted by molar-refractivity contribution is 0.0524. The Morgan fingerprint density at radius 2 is 2.00 bits per heavy atom. The molecule has 1 saturated carbocycles. The van der Waals surface area contributed by atoms with E-state index in [0.29, 0.717) is 5.52 Å². The van der Waals surface area contributed by atoms with Gasteiger partial charge < -0.3 is 18.8 Å². The Bertz CT molecular complexity index is 885. The average molecular weight is 349 g/mol. The Kier molecular flexibility index (Phi) is 4.65. The summed E-state index contributed by atoms with van der Waals surface area (Å²) in [5.74, 6) is -1.28. The van der Waals surface area contributed by atoms with Gasteiger partial charge in [0.2, 0.25) is 5.43 Å². The van der Waals surface area contributed by atoms with Crippen molar-refractivity contribution in [2.24, 2.45) is 0 Å². The van der Waals surface area contributed by atoms with Gasteiger partial charge in [-0.05, 0) is 32.8 Å². The first-order valence-electron chi connectivity index (χ1n) is 8.28. The average Bonchev–Trinajstić information content (AvgIpc) is 3.42. The third-order valence-electron chi connectivity index (χ3n) is 4.11. The molecule has 1 fully saturated rings. The SMILES string of the molecule is CCOC(=O)c1cn(C2CC2)c2c(OC)c(OCC)c(F)cc2c1=O. The Hall–Kier alpha value is -2.57. The maximum absolute atomic E-state index is 14.5. The molecular formula is C18H20FNO5. The van der Waals surface area contributed by atoms with E-state index in [-0.39, 0.29) is 41.7 Å². The van der Waals surface area contributed by atoms with Crippen molar-refractivity contribution in [2.75, 3.05) is 20.3 Å². The van der Waals surface area contributed by atoms with E-state index in [1.54, 1.807) is 18.4 Å². The maximum atomic E-state index is 14.5. The van der Waals surface area contributed by atoms with Gasteiger partial charge in [-0.15, -0.1) is 0 Å². The number of benzene rings is 1. The summed E-state index contributed by atoms with van der Waals surface area (Å²) < 4.78 is 32.0. The van der Waals surface area contributed by atoms with Crippen LogP contribution >= 0.6 is 0 Å². The minimum Gasteiger partial charge on any atom is -0.491 e. The van der Waals surface area contributed by atoms with Crippen LogP contribution in [0.3, 0.4) is 0 Å². The monoisotopic (exact) mass is 349 g/mol. The normalized spacial score (nSPS) is 13.8. The van der Waals surface area contributed by atoms with Gasteiger partial charge in [-0.1, -0.05) is 0 Å². The number of ether oxygens (including phenoxy) is 3. The van der Waals surface area contributed by atoms with Gasteiger partial charge in [-0.25, -0.2) is 9.18 Å². The number of methoxy groups -OCH3 is 1. The molecule has 3 rings (SSSR count). The first-order valence-corrected chi connectivity index (χ1v) is 8.28. The second-order valence-corrected chi connectivity index (χ2v) is 5.78. The molecule has 0 saturated heterocycles. The molecule has 0 N–H and O–H groups in total. The molecule has 6 nitrogen and oxygen atoms in total. The van der Waals surface area contributed by atoms with E-state index >= 15 is 0 Å². The minimum absolute atomic E-state index is 0.0322. The minimum atomic E-state index is -0.711. The molecular weight excluding hydrogens is 329 g/mol. The summed E-state index contributed by atoms with van der Waals surface area (Å²) in [7, 11) is 1.40. The van der Waals surface area contributed by atoms with Gasteiger partial charge >= 0.3 is 5.97 Å². The molecule has 1 aromatic heterocycles. The largest absolute Gasteiger partial charge is 0.491 e. The zero-order chi connectivity index (χ0) is 18.1. The van der Waals surface area contributed by atoms with Crippen LogP contribution in [-0.2, 0) is 4.74 Å². The van der Waals surface area contributed by atoms with Gasteiger partial charge in [0.15, 0.2) is 17.3 Å². The van der Waals surface area contributed by atoms with E-state index in [1.165, 1.54) is 13.3 Å². The fourth-order valence-corrected chi connectivity index (χ4v) is 2.90. The molecule has 0 spiro atoms. The first kappa shape index (κ1) is 17.3. The summed E-state index contributed by atoms with van der Waals surface area (Å²) >= 11 is 0. The first-order chi connectivity index (χ1) is 12.0. The number of rotatable bonds is 6. The number of hydrogen-bond donors (Lipinski definition) is 0. The van der Waals surface area contributed by atoms with E-state index in [2.05, 4.69) is 0 Å². The third-order valence-corrected chi connectivity index (χ3v) is 4.11. The van der Waals surface area contributed by atoms with Crippen LogP contribution in [0.4, 0.5) is 4.39 Å². The number of halogens is 1. The zero-order valence-corrected chi connectivity index (χ0v) is 14.4. The highest BCUT2D eigenvalue weighted by molar-refractivity contribution is 5.96. The van der Waals surface area contributed by atoms with Gasteiger partial charge in [-0.3, -0.25) is 4.79 Å². The van der Waals surface area contributed by atoms with Crippen molar-refractivity contribution >= 4 is 16.9 Å². The van der Waals surface area contributed by atoms with E-state index in [0.717, 1.165) is 18.9 Å². The number of esters is 1. The Morgan fingerprint density at radius 3 is 2.56 bits per heavy atom. The van der Waals surface area contributed by atoms with Crippen LogP contribution in [0.25, 0.3) is 10.9 Å². The fourth-order valence-electron chi connectivity index (χ4n) is 2.90. The maximum Gasteiger partial charge on any atom is 0.343 e. The molecule has 25 heavy (non-hydrogen) atoms. The molecule has 1 heterocycles. The summed E-state index contributed by atoms with van der Waals surface area (Å²) in [6, 6.07) is 1.23. The molecule has 0 radical (unpaired) electrons. The van der Waals surface area contributed by atoms with Crippen LogP contribution in [0.2, 0.25) is 0 Å². The summed E-state index contributed by atoms with van der Waals surface area (Å²) in [6.07, 6.45) is 3.30. The summed E-state index contributed by atoms with van der Waals surface area (Å²) in [5, 5.41) is 0.0789. The number of fused-ring (bicyclic) bond motifs is 1. The van der Waals surface area contributed by atoms with Crippen molar-refractivity contribution in [3.8, 4) is 11.5 Å². The van der Waals surface area contributed by atoms with Gasteiger partial charge in [-0.2, -0.15) is 0 Å². The quantitative estimate of drug-likeness (QED) is 0.750. The summed E-state index contributed by atoms with van der Waals surface area (Å²) in [4.78, 5) is 24.9. The van der Waals surface area contributed by atoms with E-state index < -0.39 is 17.2 Å². The highest BCUT2D eigenvalue weighted by Gasteiger charge is 2.30. The van der Waals surface area contributed by atoms with Crippen LogP contribution in [-0.4, -0.2) is 30.9 Å². The van der Waals surface area contributed by atoms with Crippen LogP contribution in [0.15, 0.2) is 17.1 Å². The number of hydrogen-bond acceptors (Lipinski definition) is 5. The molecule has 0 bridgehead atoms. The van der Waals surface area contributed by atoms with E-state index in [1.807, 2.05) is 0 Å². The molecule has 0 amide bonds. The van der Waals surface area contributed by atoms with Crippen LogP contribution in [0, 0.1) is 5.82 Å². The van der Waals surface area contributed by atoms with Crippen molar-refractivity contribution in [1.82, 2.24) is 4.57 Å². The predicted molar refractivity (Wildman–Crippen MR) is 90.1 cm³/mol. The fraction of sp³-hybridized carbons (Fsp3) is 0.444. The molecule has 1 aliphatic rings.